The van der Waals surface area contributed by atoms with Crippen LogP contribution < -0.4 is 5.32 Å². The van der Waals surface area contributed by atoms with Gasteiger partial charge in [0.05, 0.1) is 22.0 Å². The molecule has 1 aromatic heterocycles. The van der Waals surface area contributed by atoms with Crippen LogP contribution in [-0.4, -0.2) is 20.8 Å². The van der Waals surface area contributed by atoms with Crippen molar-refractivity contribution in [1.82, 2.24) is 15.3 Å². The van der Waals surface area contributed by atoms with Crippen LogP contribution >= 0.6 is 0 Å². The number of H-pyrrole nitrogens is 1. The average molecular weight is 338 g/mol. The highest BCUT2D eigenvalue weighted by molar-refractivity contribution is 5.95. The summed E-state index contributed by atoms with van der Waals surface area (Å²) in [6.07, 6.45) is 0. The Hall–Kier alpha value is -3.22. The first-order valence-corrected chi connectivity index (χ1v) is 7.95. The third-order valence-corrected chi connectivity index (χ3v) is 3.97. The van der Waals surface area contributed by atoms with Crippen molar-refractivity contribution in [3.05, 3.63) is 70.0 Å². The van der Waals surface area contributed by atoms with Gasteiger partial charge in [-0.15, -0.1) is 0 Å². The van der Waals surface area contributed by atoms with Crippen molar-refractivity contribution in [2.45, 2.75) is 19.9 Å². The number of rotatable bonds is 5. The summed E-state index contributed by atoms with van der Waals surface area (Å²) < 4.78 is 0. The number of imidazole rings is 1. The van der Waals surface area contributed by atoms with Gasteiger partial charge in [0, 0.05) is 17.7 Å². The lowest BCUT2D eigenvalue weighted by Crippen LogP contribution is -2.32. The van der Waals surface area contributed by atoms with Crippen LogP contribution in [0.2, 0.25) is 0 Å². The summed E-state index contributed by atoms with van der Waals surface area (Å²) in [4.78, 5) is 30.7. The van der Waals surface area contributed by atoms with Gasteiger partial charge >= 0.3 is 0 Å². The minimum absolute atomic E-state index is 0.0863. The largest absolute Gasteiger partial charge is 0.342 e. The van der Waals surface area contributed by atoms with Crippen LogP contribution in [-0.2, 0) is 0 Å². The first-order chi connectivity index (χ1) is 12.0. The summed E-state index contributed by atoms with van der Waals surface area (Å²) >= 11 is 0. The zero-order valence-electron chi connectivity index (χ0n) is 13.9. The van der Waals surface area contributed by atoms with Gasteiger partial charge in [0.1, 0.15) is 5.82 Å². The molecule has 1 heterocycles. The highest BCUT2D eigenvalue weighted by Gasteiger charge is 2.23. The van der Waals surface area contributed by atoms with E-state index < -0.39 is 4.92 Å². The number of para-hydroxylation sites is 2. The smallest absolute Gasteiger partial charge is 0.270 e. The normalized spacial score (nSPS) is 12.3. The first kappa shape index (κ1) is 16.6. The van der Waals surface area contributed by atoms with Gasteiger partial charge in [0.25, 0.3) is 11.6 Å². The van der Waals surface area contributed by atoms with Crippen LogP contribution in [0.15, 0.2) is 48.5 Å². The second-order valence-corrected chi connectivity index (χ2v) is 6.14. The second kappa shape index (κ2) is 6.72. The molecule has 0 saturated carbocycles. The van der Waals surface area contributed by atoms with Gasteiger partial charge in [-0.1, -0.05) is 32.0 Å². The summed E-state index contributed by atoms with van der Waals surface area (Å²) in [7, 11) is 0. The number of hydrogen-bond donors (Lipinski definition) is 2. The number of nitro benzene ring substituents is 1. The Bertz CT molecular complexity index is 900. The summed E-state index contributed by atoms with van der Waals surface area (Å²) in [5.74, 6) is 0.376. The molecule has 0 spiro atoms. The maximum Gasteiger partial charge on any atom is 0.270 e. The van der Waals surface area contributed by atoms with E-state index in [0.717, 1.165) is 11.0 Å². The van der Waals surface area contributed by atoms with Crippen LogP contribution in [0.4, 0.5) is 5.69 Å². The third-order valence-electron chi connectivity index (χ3n) is 3.97. The molecule has 2 N–H and O–H groups in total. The van der Waals surface area contributed by atoms with Gasteiger partial charge in [-0.25, -0.2) is 4.98 Å². The highest BCUT2D eigenvalue weighted by Crippen LogP contribution is 2.23. The average Bonchev–Trinajstić information content (AvgIpc) is 3.02. The van der Waals surface area contributed by atoms with E-state index >= 15 is 0 Å². The lowest BCUT2D eigenvalue weighted by atomic mass is 10.0. The fraction of sp³-hybridized carbons (Fsp3) is 0.222. The molecule has 25 heavy (non-hydrogen) atoms. The van der Waals surface area contributed by atoms with E-state index in [9.17, 15) is 14.9 Å². The molecule has 1 atom stereocenters. The number of carbonyl (C=O) groups is 1. The molecule has 128 valence electrons. The number of aromatic nitrogens is 2. The zero-order chi connectivity index (χ0) is 18.0. The molecule has 0 fully saturated rings. The Kier molecular flexibility index (Phi) is 4.47. The zero-order valence-corrected chi connectivity index (χ0v) is 13.9. The van der Waals surface area contributed by atoms with Crippen LogP contribution in [0.5, 0.6) is 0 Å². The topological polar surface area (TPSA) is 101 Å². The molecular formula is C18H18N4O3. The Balaban J connectivity index is 1.88. The molecule has 1 unspecified atom stereocenters. The molecule has 0 radical (unpaired) electrons. The van der Waals surface area contributed by atoms with E-state index in [0.29, 0.717) is 5.82 Å². The molecular weight excluding hydrogens is 320 g/mol. The molecule has 3 aromatic rings. The molecule has 3 rings (SSSR count). The predicted octanol–water partition coefficient (Wildman–Crippen LogP) is 3.60. The molecule has 0 saturated heterocycles. The monoisotopic (exact) mass is 338 g/mol. The maximum atomic E-state index is 12.5. The number of aromatic amines is 1. The summed E-state index contributed by atoms with van der Waals surface area (Å²) in [5.41, 5.74) is 1.86. The quantitative estimate of drug-likeness (QED) is 0.548. The number of fused-ring (bicyclic) bond motifs is 1. The van der Waals surface area contributed by atoms with Gasteiger partial charge in [-0.05, 0) is 24.1 Å². The van der Waals surface area contributed by atoms with Crippen molar-refractivity contribution in [1.29, 1.82) is 0 Å². The van der Waals surface area contributed by atoms with Crippen molar-refractivity contribution >= 4 is 22.6 Å². The van der Waals surface area contributed by atoms with E-state index in [1.165, 1.54) is 18.2 Å². The number of nitrogens with one attached hydrogen (secondary N) is 2. The van der Waals surface area contributed by atoms with Crippen molar-refractivity contribution in [2.24, 2.45) is 5.92 Å². The van der Waals surface area contributed by atoms with Gasteiger partial charge < -0.3 is 10.3 Å². The minimum Gasteiger partial charge on any atom is -0.342 e. The highest BCUT2D eigenvalue weighted by atomic mass is 16.6. The molecule has 0 aliphatic rings. The first-order valence-electron chi connectivity index (χ1n) is 7.95. The van der Waals surface area contributed by atoms with Crippen molar-refractivity contribution in [3.63, 3.8) is 0 Å². The number of non-ortho nitro benzene ring substituents is 1. The summed E-state index contributed by atoms with van der Waals surface area (Å²) in [6.45, 7) is 3.96. The van der Waals surface area contributed by atoms with E-state index in [-0.39, 0.29) is 29.1 Å². The van der Waals surface area contributed by atoms with Crippen LogP contribution in [0.1, 0.15) is 36.1 Å². The van der Waals surface area contributed by atoms with Crippen LogP contribution in [0.3, 0.4) is 0 Å². The van der Waals surface area contributed by atoms with Gasteiger partial charge in [0.15, 0.2) is 0 Å². The Morgan fingerprint density at radius 3 is 2.64 bits per heavy atom. The Morgan fingerprint density at radius 1 is 1.20 bits per heavy atom. The number of nitrogens with zero attached hydrogens (tertiary/aromatic N) is 2. The fourth-order valence-electron chi connectivity index (χ4n) is 2.66. The number of benzene rings is 2. The lowest BCUT2D eigenvalue weighted by Gasteiger charge is -2.20. The molecule has 0 bridgehead atoms. The molecule has 7 heteroatoms. The van der Waals surface area contributed by atoms with Crippen molar-refractivity contribution < 1.29 is 9.72 Å². The Labute approximate surface area is 144 Å². The Morgan fingerprint density at radius 2 is 1.96 bits per heavy atom. The summed E-state index contributed by atoms with van der Waals surface area (Å²) in [6, 6.07) is 13.0. The van der Waals surface area contributed by atoms with E-state index in [2.05, 4.69) is 15.3 Å². The SMILES string of the molecule is CC(C)C(NC(=O)c1cccc([N+](=O)[O-])c1)c1nc2ccccc2[nH]1. The van der Waals surface area contributed by atoms with E-state index in [4.69, 9.17) is 0 Å². The van der Waals surface area contributed by atoms with Crippen LogP contribution in [0.25, 0.3) is 11.0 Å². The molecule has 0 aliphatic carbocycles. The molecule has 7 nitrogen and oxygen atoms in total. The number of carbonyl (C=O) groups excluding carboxylic acids is 1. The lowest BCUT2D eigenvalue weighted by molar-refractivity contribution is -0.384. The van der Waals surface area contributed by atoms with Crippen molar-refractivity contribution in [3.8, 4) is 0 Å². The van der Waals surface area contributed by atoms with Gasteiger partial charge in [-0.2, -0.15) is 0 Å². The minimum atomic E-state index is -0.518. The van der Waals surface area contributed by atoms with E-state index in [1.807, 2.05) is 38.1 Å². The van der Waals surface area contributed by atoms with E-state index in [1.54, 1.807) is 6.07 Å². The number of hydrogen-bond acceptors (Lipinski definition) is 4. The molecule has 2 aromatic carbocycles. The van der Waals surface area contributed by atoms with Gasteiger partial charge in [0.2, 0.25) is 0 Å². The predicted molar refractivity (Wildman–Crippen MR) is 94.2 cm³/mol. The maximum absolute atomic E-state index is 12.5. The van der Waals surface area contributed by atoms with Crippen molar-refractivity contribution in [2.75, 3.05) is 0 Å². The molecule has 0 aliphatic heterocycles. The fourth-order valence-corrected chi connectivity index (χ4v) is 2.66. The summed E-state index contributed by atoms with van der Waals surface area (Å²) in [5, 5.41) is 13.8. The van der Waals surface area contributed by atoms with Gasteiger partial charge in [-0.3, -0.25) is 14.9 Å². The number of nitro groups is 1. The standard InChI is InChI=1S/C18H18N4O3/c1-11(2)16(17-19-14-8-3-4-9-15(14)20-17)21-18(23)12-6-5-7-13(10-12)22(24)25/h3-11,16H,1-2H3,(H,19,20)(H,21,23). The molecule has 1 amide bonds. The second-order valence-electron chi connectivity index (χ2n) is 6.14. The third kappa shape index (κ3) is 3.50. The number of amides is 1. The van der Waals surface area contributed by atoms with Crippen LogP contribution in [0, 0.1) is 16.0 Å².